The van der Waals surface area contributed by atoms with Crippen LogP contribution in [-0.4, -0.2) is 30.3 Å². The van der Waals surface area contributed by atoms with E-state index in [1.807, 2.05) is 0 Å². The van der Waals surface area contributed by atoms with E-state index in [-0.39, 0.29) is 58.4 Å². The summed E-state index contributed by atoms with van der Waals surface area (Å²) in [5.41, 5.74) is 1.40. The van der Waals surface area contributed by atoms with Gasteiger partial charge in [-0.05, 0) is 59.7 Å². The van der Waals surface area contributed by atoms with E-state index in [1.54, 1.807) is 40.9 Å². The fourth-order valence-electron chi connectivity index (χ4n) is 4.90. The number of pyridine rings is 1. The number of aryl methyl sites for hydroxylation is 1. The molecule has 6 rings (SSSR count). The molecule has 202 valence electrons. The third kappa shape index (κ3) is 5.00. The maximum Gasteiger partial charge on any atom is 1.00 e. The second-order valence-corrected chi connectivity index (χ2v) is 9.53. The molecule has 0 radical (unpaired) electrons. The molecule has 6 aromatic rings. The van der Waals surface area contributed by atoms with Gasteiger partial charge in [-0.1, -0.05) is 36.4 Å². The van der Waals surface area contributed by atoms with Crippen molar-refractivity contribution >= 4 is 28.2 Å². The molecule has 0 spiro atoms. The van der Waals surface area contributed by atoms with Crippen LogP contribution in [0.1, 0.15) is 32.1 Å². The van der Waals surface area contributed by atoms with Crippen molar-refractivity contribution in [1.29, 1.82) is 0 Å². The summed E-state index contributed by atoms with van der Waals surface area (Å²) in [6.45, 7) is -0.0704. The average molecular weight is 571 g/mol. The Morgan fingerprint density at radius 2 is 1.64 bits per heavy atom. The topological polar surface area (TPSA) is 118 Å². The van der Waals surface area contributed by atoms with Crippen LogP contribution in [0.4, 0.5) is 4.39 Å². The summed E-state index contributed by atoms with van der Waals surface area (Å²) in [5.74, 6) is -2.18. The third-order valence-corrected chi connectivity index (χ3v) is 6.99. The minimum atomic E-state index is -1.33. The van der Waals surface area contributed by atoms with E-state index in [4.69, 9.17) is 0 Å². The molecule has 0 amide bonds. The number of aromatic nitrogens is 4. The number of carboxylic acid groups (broad SMARTS) is 1. The summed E-state index contributed by atoms with van der Waals surface area (Å²) >= 11 is 0. The van der Waals surface area contributed by atoms with Gasteiger partial charge < -0.3 is 9.90 Å². The number of carboxylic acids is 1. The number of halogens is 1. The predicted molar refractivity (Wildman–Crippen MR) is 147 cm³/mol. The average Bonchev–Trinajstić information content (AvgIpc) is 3.38. The molecule has 42 heavy (non-hydrogen) atoms. The second-order valence-electron chi connectivity index (χ2n) is 9.53. The van der Waals surface area contributed by atoms with Crippen molar-refractivity contribution in [2.45, 2.75) is 6.54 Å². The van der Waals surface area contributed by atoms with Crippen molar-refractivity contribution in [2.24, 2.45) is 7.05 Å². The molecular formula is C31H20FN4NaO5. The van der Waals surface area contributed by atoms with Crippen LogP contribution in [0.5, 0.6) is 0 Å². The first-order valence-corrected chi connectivity index (χ1v) is 12.5. The van der Waals surface area contributed by atoms with Crippen molar-refractivity contribution in [3.8, 4) is 11.3 Å². The first-order valence-electron chi connectivity index (χ1n) is 12.5. The number of carbonyl (C=O) groups excluding carboxylic acids is 2. The van der Waals surface area contributed by atoms with Gasteiger partial charge in [0.2, 0.25) is 5.78 Å². The molecule has 9 nitrogen and oxygen atoms in total. The molecule has 0 aliphatic carbocycles. The number of ketones is 1. The van der Waals surface area contributed by atoms with Crippen LogP contribution in [0.25, 0.3) is 27.7 Å². The maximum atomic E-state index is 13.8. The van der Waals surface area contributed by atoms with Crippen LogP contribution in [-0.2, 0) is 13.6 Å². The van der Waals surface area contributed by atoms with E-state index >= 15 is 0 Å². The fraction of sp³-hybridized carbons (Fsp3) is 0.0645. The molecule has 0 atom stereocenters. The van der Waals surface area contributed by atoms with Gasteiger partial charge in [0.15, 0.2) is 5.82 Å². The van der Waals surface area contributed by atoms with Gasteiger partial charge in [-0.25, -0.2) is 14.2 Å². The molecule has 11 heteroatoms. The van der Waals surface area contributed by atoms with Gasteiger partial charge in [-0.2, -0.15) is 0 Å². The largest absolute Gasteiger partial charge is 1.00 e. The molecule has 3 aromatic carbocycles. The number of nitrogens with zero attached hydrogens (tertiary/aromatic N) is 4. The number of fused-ring (bicyclic) bond motifs is 2. The number of benzene rings is 3. The fourth-order valence-corrected chi connectivity index (χ4v) is 4.90. The maximum absolute atomic E-state index is 13.8. The number of hydrogen-bond acceptors (Lipinski definition) is 6. The second kappa shape index (κ2) is 11.3. The Bertz CT molecular complexity index is 2150. The van der Waals surface area contributed by atoms with Crippen LogP contribution >= 0.6 is 0 Å². The van der Waals surface area contributed by atoms with Gasteiger partial charge >= 0.3 is 35.2 Å². The normalized spacial score (nSPS) is 11.0. The Labute approximate surface area is 259 Å². The molecule has 0 saturated carbocycles. The van der Waals surface area contributed by atoms with E-state index in [9.17, 15) is 28.7 Å². The van der Waals surface area contributed by atoms with Crippen LogP contribution in [0, 0.1) is 5.82 Å². The Morgan fingerprint density at radius 3 is 2.38 bits per heavy atom. The van der Waals surface area contributed by atoms with Crippen LogP contribution < -0.4 is 45.9 Å². The molecule has 0 fully saturated rings. The van der Waals surface area contributed by atoms with Gasteiger partial charge in [0.25, 0.3) is 5.56 Å². The number of hydrogen-bond donors (Lipinski definition) is 0. The molecule has 3 heterocycles. The molecule has 0 saturated heterocycles. The van der Waals surface area contributed by atoms with Crippen LogP contribution in [0.3, 0.4) is 0 Å². The van der Waals surface area contributed by atoms with Gasteiger partial charge in [0.05, 0.1) is 34.6 Å². The molecule has 3 aromatic heterocycles. The Morgan fingerprint density at radius 1 is 0.881 bits per heavy atom. The van der Waals surface area contributed by atoms with E-state index in [0.29, 0.717) is 27.9 Å². The van der Waals surface area contributed by atoms with Crippen molar-refractivity contribution < 1.29 is 48.6 Å². The smallest absolute Gasteiger partial charge is 0.545 e. The van der Waals surface area contributed by atoms with Crippen molar-refractivity contribution in [2.75, 3.05) is 0 Å². The molecule has 0 aliphatic rings. The van der Waals surface area contributed by atoms with Gasteiger partial charge in [-0.3, -0.25) is 23.1 Å². The molecule has 0 unspecified atom stereocenters. The predicted octanol–water partition coefficient (Wildman–Crippen LogP) is -0.199. The Hall–Kier alpha value is -4.64. The summed E-state index contributed by atoms with van der Waals surface area (Å²) in [5, 5.41) is 11.6. The van der Waals surface area contributed by atoms with Crippen molar-refractivity contribution in [3.63, 3.8) is 0 Å². The van der Waals surface area contributed by atoms with Gasteiger partial charge in [0.1, 0.15) is 5.82 Å². The molecule has 0 bridgehead atoms. The number of aromatic carboxylic acids is 1. The Kier molecular flexibility index (Phi) is 7.79. The SMILES string of the molecule is Cn1c(=O)n(Cc2ccc(F)cc2)c(=O)c2cc(C(=O)c3nc(-c4cccc(C(=O)[O-])c4)c4ccccn34)ccc21.[Na+]. The van der Waals surface area contributed by atoms with Gasteiger partial charge in [0, 0.05) is 24.4 Å². The van der Waals surface area contributed by atoms with Crippen molar-refractivity contribution in [3.05, 3.63) is 140 Å². The van der Waals surface area contributed by atoms with Crippen LogP contribution in [0.2, 0.25) is 0 Å². The minimum Gasteiger partial charge on any atom is -0.545 e. The zero-order chi connectivity index (χ0) is 28.8. The summed E-state index contributed by atoms with van der Waals surface area (Å²) in [7, 11) is 1.53. The van der Waals surface area contributed by atoms with E-state index in [1.165, 1.54) is 66.2 Å². The van der Waals surface area contributed by atoms with E-state index < -0.39 is 28.8 Å². The zero-order valence-electron chi connectivity index (χ0n) is 22.6. The quantitative estimate of drug-likeness (QED) is 0.202. The number of imidazole rings is 1. The first kappa shape index (κ1) is 28.9. The summed E-state index contributed by atoms with van der Waals surface area (Å²) in [6.07, 6.45) is 1.67. The van der Waals surface area contributed by atoms with E-state index in [2.05, 4.69) is 4.98 Å². The monoisotopic (exact) mass is 570 g/mol. The first-order chi connectivity index (χ1) is 19.7. The number of rotatable bonds is 6. The van der Waals surface area contributed by atoms with Crippen molar-refractivity contribution in [1.82, 2.24) is 18.5 Å². The number of carbonyl (C=O) groups is 2. The minimum absolute atomic E-state index is 0. The Balaban J connectivity index is 0.00000353. The molecule has 0 aliphatic heterocycles. The summed E-state index contributed by atoms with van der Waals surface area (Å²) in [4.78, 5) is 56.2. The zero-order valence-corrected chi connectivity index (χ0v) is 24.6. The molecule has 0 N–H and O–H groups in total. The van der Waals surface area contributed by atoms with Gasteiger partial charge in [-0.15, -0.1) is 0 Å². The standard InChI is InChI=1S/C31H21FN4O5.Na/c1-34-24-13-10-20(16-23(24)29(38)36(31(34)41)17-18-8-11-22(32)12-9-18)27(37)28-33-26(25-7-2-3-14-35(25)28)19-5-4-6-21(15-19)30(39)40;/h2-16H,17H2,1H3,(H,39,40);/q;+1/p-1. The summed E-state index contributed by atoms with van der Waals surface area (Å²) < 4.78 is 17.3. The molecular weight excluding hydrogens is 550 g/mol. The van der Waals surface area contributed by atoms with E-state index in [0.717, 1.165) is 4.57 Å². The third-order valence-electron chi connectivity index (χ3n) is 6.99. The van der Waals surface area contributed by atoms with Crippen LogP contribution in [0.15, 0.2) is 101 Å². The summed E-state index contributed by atoms with van der Waals surface area (Å²) in [6, 6.07) is 21.3.